The highest BCUT2D eigenvalue weighted by atomic mass is 16.4. The summed E-state index contributed by atoms with van der Waals surface area (Å²) in [6, 6.07) is -0.107. The van der Waals surface area contributed by atoms with Crippen LogP contribution in [0.1, 0.15) is 32.4 Å². The number of carboxylic acids is 1. The van der Waals surface area contributed by atoms with Crippen LogP contribution in [0.25, 0.3) is 0 Å². The van der Waals surface area contributed by atoms with E-state index in [0.29, 0.717) is 24.5 Å². The Balaban J connectivity index is 2.81. The highest BCUT2D eigenvalue weighted by Gasteiger charge is 2.14. The fourth-order valence-corrected chi connectivity index (χ4v) is 1.65. The summed E-state index contributed by atoms with van der Waals surface area (Å²) in [6.07, 6.45) is 1.11. The Morgan fingerprint density at radius 1 is 1.50 bits per heavy atom. The number of nitrogens with one attached hydrogen (secondary N) is 1. The number of carbonyl (C=O) groups excluding carboxylic acids is 1. The lowest BCUT2D eigenvalue weighted by Crippen LogP contribution is -2.33. The number of aryl methyl sites for hydroxylation is 1. The number of nitrogens with zero attached hydrogens (tertiary/aromatic N) is 3. The van der Waals surface area contributed by atoms with Crippen molar-refractivity contribution in [3.8, 4) is 0 Å². The molecule has 1 aromatic rings. The lowest BCUT2D eigenvalue weighted by Gasteiger charge is -2.11. The summed E-state index contributed by atoms with van der Waals surface area (Å²) in [6.45, 7) is 4.97. The Labute approximate surface area is 105 Å². The average molecular weight is 254 g/mol. The van der Waals surface area contributed by atoms with Crippen molar-refractivity contribution in [2.75, 3.05) is 0 Å². The van der Waals surface area contributed by atoms with E-state index in [-0.39, 0.29) is 18.5 Å². The minimum Gasteiger partial charge on any atom is -0.480 e. The monoisotopic (exact) mass is 254 g/mol. The van der Waals surface area contributed by atoms with Crippen LogP contribution in [0, 0.1) is 0 Å². The summed E-state index contributed by atoms with van der Waals surface area (Å²) >= 11 is 0. The van der Waals surface area contributed by atoms with Gasteiger partial charge < -0.3 is 10.4 Å². The predicted octanol–water partition coefficient (Wildman–Crippen LogP) is -0.00780. The van der Waals surface area contributed by atoms with E-state index in [2.05, 4.69) is 15.4 Å². The molecular formula is C11H18N4O3. The van der Waals surface area contributed by atoms with Crippen LogP contribution in [0.15, 0.2) is 0 Å². The molecule has 7 nitrogen and oxygen atoms in total. The predicted molar refractivity (Wildman–Crippen MR) is 64.0 cm³/mol. The molecule has 0 aliphatic rings. The minimum absolute atomic E-state index is 0.107. The third kappa shape index (κ3) is 4.15. The Morgan fingerprint density at radius 3 is 2.67 bits per heavy atom. The Morgan fingerprint density at radius 2 is 2.17 bits per heavy atom. The number of hydrogen-bond donors (Lipinski definition) is 2. The van der Waals surface area contributed by atoms with Gasteiger partial charge in [0.25, 0.3) is 0 Å². The maximum atomic E-state index is 10.9. The molecule has 0 unspecified atom stereocenters. The van der Waals surface area contributed by atoms with E-state index >= 15 is 0 Å². The van der Waals surface area contributed by atoms with Crippen molar-refractivity contribution in [1.29, 1.82) is 0 Å². The molecule has 0 saturated heterocycles. The quantitative estimate of drug-likeness (QED) is 0.744. The number of rotatable bonds is 6. The second-order valence-corrected chi connectivity index (χ2v) is 4.15. The largest absolute Gasteiger partial charge is 0.480 e. The Kier molecular flexibility index (Phi) is 4.82. The Hall–Kier alpha value is -1.92. The summed E-state index contributed by atoms with van der Waals surface area (Å²) in [5, 5.41) is 15.6. The van der Waals surface area contributed by atoms with Crippen molar-refractivity contribution >= 4 is 11.9 Å². The van der Waals surface area contributed by atoms with E-state index in [1.807, 2.05) is 13.8 Å². The molecule has 1 aromatic heterocycles. The molecule has 100 valence electrons. The molecule has 0 radical (unpaired) electrons. The maximum absolute atomic E-state index is 10.9. The van der Waals surface area contributed by atoms with E-state index in [1.54, 1.807) is 0 Å². The molecule has 0 aliphatic carbocycles. The second-order valence-electron chi connectivity index (χ2n) is 4.15. The number of carboxylic acid groups (broad SMARTS) is 1. The van der Waals surface area contributed by atoms with E-state index in [1.165, 1.54) is 11.6 Å². The number of carbonyl (C=O) groups is 2. The van der Waals surface area contributed by atoms with Crippen LogP contribution in [0.2, 0.25) is 0 Å². The van der Waals surface area contributed by atoms with Crippen LogP contribution in [-0.4, -0.2) is 37.8 Å². The third-order valence-corrected chi connectivity index (χ3v) is 2.33. The van der Waals surface area contributed by atoms with Crippen molar-refractivity contribution < 1.29 is 14.7 Å². The van der Waals surface area contributed by atoms with Crippen molar-refractivity contribution in [2.45, 2.75) is 46.2 Å². The molecule has 0 aromatic carbocycles. The van der Waals surface area contributed by atoms with Gasteiger partial charge in [-0.2, -0.15) is 5.10 Å². The SMILES string of the molecule is CCc1nc(C[C@@H](C)NC(C)=O)n(CC(=O)O)n1. The van der Waals surface area contributed by atoms with E-state index in [4.69, 9.17) is 5.11 Å². The highest BCUT2D eigenvalue weighted by Crippen LogP contribution is 2.04. The molecule has 2 N–H and O–H groups in total. The van der Waals surface area contributed by atoms with Gasteiger partial charge in [0.05, 0.1) is 0 Å². The maximum Gasteiger partial charge on any atom is 0.325 e. The lowest BCUT2D eigenvalue weighted by atomic mass is 10.2. The van der Waals surface area contributed by atoms with Gasteiger partial charge in [-0.25, -0.2) is 9.67 Å². The van der Waals surface area contributed by atoms with Crippen LogP contribution in [0.5, 0.6) is 0 Å². The van der Waals surface area contributed by atoms with E-state index in [0.717, 1.165) is 0 Å². The first kappa shape index (κ1) is 14.1. The summed E-state index contributed by atoms with van der Waals surface area (Å²) in [7, 11) is 0. The molecule has 7 heteroatoms. The third-order valence-electron chi connectivity index (χ3n) is 2.33. The fraction of sp³-hybridized carbons (Fsp3) is 0.636. The average Bonchev–Trinajstić information content (AvgIpc) is 2.58. The van der Waals surface area contributed by atoms with Crippen LogP contribution in [0.3, 0.4) is 0 Å². The zero-order valence-electron chi connectivity index (χ0n) is 10.8. The summed E-state index contributed by atoms with van der Waals surface area (Å²) < 4.78 is 1.37. The van der Waals surface area contributed by atoms with Crippen molar-refractivity contribution in [1.82, 2.24) is 20.1 Å². The smallest absolute Gasteiger partial charge is 0.325 e. The summed E-state index contributed by atoms with van der Waals surface area (Å²) in [5.41, 5.74) is 0. The zero-order chi connectivity index (χ0) is 13.7. The normalized spacial score (nSPS) is 12.2. The van der Waals surface area contributed by atoms with Gasteiger partial charge in [-0.05, 0) is 6.92 Å². The van der Waals surface area contributed by atoms with Crippen molar-refractivity contribution in [3.63, 3.8) is 0 Å². The first-order chi connectivity index (χ1) is 8.42. The number of hydrogen-bond acceptors (Lipinski definition) is 4. The number of amides is 1. The molecule has 1 heterocycles. The van der Waals surface area contributed by atoms with Gasteiger partial charge in [-0.1, -0.05) is 6.92 Å². The van der Waals surface area contributed by atoms with Crippen LogP contribution < -0.4 is 5.32 Å². The molecule has 1 rings (SSSR count). The van der Waals surface area contributed by atoms with Crippen LogP contribution in [-0.2, 0) is 29.0 Å². The highest BCUT2D eigenvalue weighted by molar-refractivity contribution is 5.73. The second kappa shape index (κ2) is 6.13. The molecule has 0 aliphatic heterocycles. The molecular weight excluding hydrogens is 236 g/mol. The molecule has 18 heavy (non-hydrogen) atoms. The topological polar surface area (TPSA) is 97.1 Å². The van der Waals surface area contributed by atoms with E-state index < -0.39 is 5.97 Å². The lowest BCUT2D eigenvalue weighted by molar-refractivity contribution is -0.138. The van der Waals surface area contributed by atoms with Gasteiger partial charge >= 0.3 is 5.97 Å². The van der Waals surface area contributed by atoms with Crippen molar-refractivity contribution in [2.24, 2.45) is 0 Å². The van der Waals surface area contributed by atoms with E-state index in [9.17, 15) is 9.59 Å². The number of aromatic nitrogens is 3. The van der Waals surface area contributed by atoms with Gasteiger partial charge in [0.2, 0.25) is 5.91 Å². The van der Waals surface area contributed by atoms with Crippen molar-refractivity contribution in [3.05, 3.63) is 11.6 Å². The molecule has 1 atom stereocenters. The molecule has 0 saturated carbocycles. The fourth-order valence-electron chi connectivity index (χ4n) is 1.65. The van der Waals surface area contributed by atoms with Gasteiger partial charge in [-0.3, -0.25) is 9.59 Å². The van der Waals surface area contributed by atoms with Gasteiger partial charge in [-0.15, -0.1) is 0 Å². The molecule has 0 bridgehead atoms. The Bertz CT molecular complexity index is 441. The van der Waals surface area contributed by atoms with Crippen LogP contribution in [0.4, 0.5) is 0 Å². The van der Waals surface area contributed by atoms with Gasteiger partial charge in [0, 0.05) is 25.8 Å². The molecule has 0 fully saturated rings. The first-order valence-corrected chi connectivity index (χ1v) is 5.83. The van der Waals surface area contributed by atoms with Gasteiger partial charge in [0.15, 0.2) is 5.82 Å². The van der Waals surface area contributed by atoms with Crippen LogP contribution >= 0.6 is 0 Å². The zero-order valence-corrected chi connectivity index (χ0v) is 10.8. The summed E-state index contributed by atoms with van der Waals surface area (Å²) in [4.78, 5) is 25.9. The first-order valence-electron chi connectivity index (χ1n) is 5.83. The number of aliphatic carboxylic acids is 1. The van der Waals surface area contributed by atoms with Gasteiger partial charge in [0.1, 0.15) is 12.4 Å². The minimum atomic E-state index is -0.962. The standard InChI is InChI=1S/C11H18N4O3/c1-4-9-13-10(5-7(2)12-8(3)16)15(14-9)6-11(17)18/h7H,4-6H2,1-3H3,(H,12,16)(H,17,18)/t7-/m1/s1. The molecule has 1 amide bonds. The molecule has 0 spiro atoms. The summed E-state index contributed by atoms with van der Waals surface area (Å²) in [5.74, 6) is 0.107.